The number of hydrogen-bond donors (Lipinski definition) is 1. The summed E-state index contributed by atoms with van der Waals surface area (Å²) in [5, 5.41) is 0. The Kier molecular flexibility index (Phi) is 5.11. The lowest BCUT2D eigenvalue weighted by Crippen LogP contribution is -2.34. The van der Waals surface area contributed by atoms with E-state index in [1.165, 1.54) is 18.2 Å². The molecule has 0 saturated carbocycles. The lowest BCUT2D eigenvalue weighted by molar-refractivity contribution is -0.253. The molecule has 0 fully saturated rings. The third-order valence-corrected chi connectivity index (χ3v) is 3.68. The van der Waals surface area contributed by atoms with Gasteiger partial charge in [0.25, 0.3) is 0 Å². The molecule has 2 N–H and O–H groups in total. The van der Waals surface area contributed by atoms with E-state index in [9.17, 15) is 26.3 Å². The number of alkyl halides is 6. The summed E-state index contributed by atoms with van der Waals surface area (Å²) >= 11 is 0. The number of aryl methyl sites for hydroxylation is 2. The molecule has 0 bridgehead atoms. The van der Waals surface area contributed by atoms with Gasteiger partial charge in [0.15, 0.2) is 5.92 Å². The highest BCUT2D eigenvalue weighted by Crippen LogP contribution is 2.47. The summed E-state index contributed by atoms with van der Waals surface area (Å²) in [6.45, 7) is 0. The van der Waals surface area contributed by atoms with Crippen molar-refractivity contribution in [2.45, 2.75) is 31.1 Å². The van der Waals surface area contributed by atoms with Crippen LogP contribution in [0.5, 0.6) is 0 Å². The highest BCUT2D eigenvalue weighted by Gasteiger charge is 2.57. The van der Waals surface area contributed by atoms with Crippen LogP contribution in [0.25, 0.3) is 0 Å². The first-order chi connectivity index (χ1) is 11.1. The van der Waals surface area contributed by atoms with Gasteiger partial charge >= 0.3 is 12.4 Å². The van der Waals surface area contributed by atoms with E-state index in [2.05, 4.69) is 0 Å². The zero-order chi connectivity index (χ0) is 18.0. The number of nitrogens with two attached hydrogens (primary N) is 1. The molecule has 0 aliphatic rings. The summed E-state index contributed by atoms with van der Waals surface area (Å²) in [6, 6.07) is 11.5. The van der Waals surface area contributed by atoms with Gasteiger partial charge in [-0.05, 0) is 41.7 Å². The molecule has 0 amide bonds. The van der Waals surface area contributed by atoms with Crippen molar-refractivity contribution in [3.63, 3.8) is 0 Å². The second kappa shape index (κ2) is 6.75. The van der Waals surface area contributed by atoms with E-state index in [-0.39, 0.29) is 12.0 Å². The van der Waals surface area contributed by atoms with Crippen LogP contribution < -0.4 is 5.73 Å². The van der Waals surface area contributed by atoms with Crippen LogP contribution in [0.2, 0.25) is 0 Å². The second-order valence-electron chi connectivity index (χ2n) is 5.46. The smallest absolute Gasteiger partial charge is 0.399 e. The first-order valence-electron chi connectivity index (χ1n) is 7.14. The van der Waals surface area contributed by atoms with Gasteiger partial charge in [0.2, 0.25) is 0 Å². The number of rotatable bonds is 4. The molecule has 0 aromatic heterocycles. The van der Waals surface area contributed by atoms with Crippen molar-refractivity contribution in [1.82, 2.24) is 0 Å². The lowest BCUT2D eigenvalue weighted by Gasteiger charge is -2.25. The average molecular weight is 347 g/mol. The molecule has 0 aliphatic heterocycles. The molecule has 2 aromatic carbocycles. The topological polar surface area (TPSA) is 26.0 Å². The maximum absolute atomic E-state index is 13.0. The Morgan fingerprint density at radius 3 is 1.83 bits per heavy atom. The van der Waals surface area contributed by atoms with Crippen LogP contribution in [0, 0.1) is 0 Å². The van der Waals surface area contributed by atoms with Crippen LogP contribution in [0.15, 0.2) is 48.5 Å². The van der Waals surface area contributed by atoms with Crippen molar-refractivity contribution >= 4 is 5.69 Å². The molecule has 0 unspecified atom stereocenters. The van der Waals surface area contributed by atoms with Crippen molar-refractivity contribution in [2.75, 3.05) is 5.73 Å². The molecular weight excluding hydrogens is 332 g/mol. The Balaban J connectivity index is 2.30. The molecule has 0 atom stereocenters. The molecule has 2 rings (SSSR count). The van der Waals surface area contributed by atoms with Gasteiger partial charge in [0.05, 0.1) is 0 Å². The molecule has 1 nitrogen and oxygen atoms in total. The average Bonchev–Trinajstić information content (AvgIpc) is 2.45. The summed E-state index contributed by atoms with van der Waals surface area (Å²) in [4.78, 5) is 0. The van der Waals surface area contributed by atoms with E-state index in [1.54, 1.807) is 24.3 Å². The normalized spacial score (nSPS) is 12.6. The van der Waals surface area contributed by atoms with E-state index >= 15 is 0 Å². The summed E-state index contributed by atoms with van der Waals surface area (Å²) in [5.74, 6) is -3.48. The molecular formula is C17H15F6N. The van der Waals surface area contributed by atoms with Gasteiger partial charge in [0.1, 0.15) is 0 Å². The first kappa shape index (κ1) is 18.2. The number of nitrogen functional groups attached to an aromatic ring is 1. The predicted molar refractivity (Wildman–Crippen MR) is 79.6 cm³/mol. The lowest BCUT2D eigenvalue weighted by atomic mass is 9.90. The van der Waals surface area contributed by atoms with Crippen LogP contribution in [-0.4, -0.2) is 12.4 Å². The van der Waals surface area contributed by atoms with Crippen molar-refractivity contribution in [2.24, 2.45) is 0 Å². The van der Waals surface area contributed by atoms with Gasteiger partial charge in [-0.15, -0.1) is 0 Å². The Morgan fingerprint density at radius 2 is 1.29 bits per heavy atom. The van der Waals surface area contributed by atoms with E-state index in [4.69, 9.17) is 5.73 Å². The van der Waals surface area contributed by atoms with Crippen LogP contribution in [0.4, 0.5) is 32.0 Å². The molecule has 24 heavy (non-hydrogen) atoms. The molecule has 7 heteroatoms. The quantitative estimate of drug-likeness (QED) is 0.592. The number of anilines is 1. The fourth-order valence-electron chi connectivity index (χ4n) is 2.55. The zero-order valence-corrected chi connectivity index (χ0v) is 12.5. The van der Waals surface area contributed by atoms with Crippen LogP contribution >= 0.6 is 0 Å². The zero-order valence-electron chi connectivity index (χ0n) is 12.5. The molecule has 0 spiro atoms. The van der Waals surface area contributed by atoms with Crippen molar-refractivity contribution in [1.29, 1.82) is 0 Å². The van der Waals surface area contributed by atoms with Gasteiger partial charge < -0.3 is 5.73 Å². The molecule has 0 aliphatic carbocycles. The molecule has 130 valence electrons. The van der Waals surface area contributed by atoms with Gasteiger partial charge in [-0.3, -0.25) is 0 Å². The SMILES string of the molecule is Nc1ccc(CCc2ccccc2C(C(F)(F)F)C(F)(F)F)cc1. The van der Waals surface area contributed by atoms with Crippen molar-refractivity contribution in [3.05, 3.63) is 65.2 Å². The predicted octanol–water partition coefficient (Wildman–Crippen LogP) is 5.26. The van der Waals surface area contributed by atoms with E-state index in [0.29, 0.717) is 12.1 Å². The van der Waals surface area contributed by atoms with Gasteiger partial charge in [-0.1, -0.05) is 36.4 Å². The van der Waals surface area contributed by atoms with Crippen LogP contribution in [-0.2, 0) is 12.8 Å². The minimum Gasteiger partial charge on any atom is -0.399 e. The Bertz CT molecular complexity index is 659. The fourth-order valence-corrected chi connectivity index (χ4v) is 2.55. The summed E-state index contributed by atoms with van der Waals surface area (Å²) < 4.78 is 77.7. The molecule has 2 aromatic rings. The van der Waals surface area contributed by atoms with E-state index in [1.807, 2.05) is 0 Å². The van der Waals surface area contributed by atoms with Crippen molar-refractivity contribution < 1.29 is 26.3 Å². The summed E-state index contributed by atoms with van der Waals surface area (Å²) in [7, 11) is 0. The van der Waals surface area contributed by atoms with Gasteiger partial charge in [-0.25, -0.2) is 0 Å². The number of benzene rings is 2. The minimum absolute atomic E-state index is 0.0361. The van der Waals surface area contributed by atoms with E-state index in [0.717, 1.165) is 11.6 Å². The number of halogens is 6. The fraction of sp³-hybridized carbons (Fsp3) is 0.294. The molecule has 0 saturated heterocycles. The third-order valence-electron chi connectivity index (χ3n) is 3.68. The third kappa shape index (κ3) is 4.43. The Hall–Kier alpha value is -2.18. The second-order valence-corrected chi connectivity index (χ2v) is 5.46. The molecule has 0 heterocycles. The number of hydrogen-bond acceptors (Lipinski definition) is 1. The van der Waals surface area contributed by atoms with Gasteiger partial charge in [0, 0.05) is 5.69 Å². The largest absolute Gasteiger partial charge is 0.404 e. The van der Waals surface area contributed by atoms with Crippen molar-refractivity contribution in [3.8, 4) is 0 Å². The summed E-state index contributed by atoms with van der Waals surface area (Å²) in [6.07, 6.45) is -10.4. The van der Waals surface area contributed by atoms with Crippen LogP contribution in [0.3, 0.4) is 0 Å². The monoisotopic (exact) mass is 347 g/mol. The maximum Gasteiger partial charge on any atom is 0.404 e. The Labute approximate surface area is 135 Å². The maximum atomic E-state index is 13.0. The van der Waals surface area contributed by atoms with Gasteiger partial charge in [-0.2, -0.15) is 26.3 Å². The molecule has 0 radical (unpaired) electrons. The van der Waals surface area contributed by atoms with E-state index < -0.39 is 23.8 Å². The standard InChI is InChI=1S/C17H15F6N/c18-16(19,20)15(17(21,22)23)14-4-2-1-3-12(14)8-5-11-6-9-13(24)10-7-11/h1-4,6-7,9-10,15H,5,8,24H2. The summed E-state index contributed by atoms with van der Waals surface area (Å²) in [5.41, 5.74) is 6.16. The van der Waals surface area contributed by atoms with Crippen LogP contribution in [0.1, 0.15) is 22.6 Å². The Morgan fingerprint density at radius 1 is 0.750 bits per heavy atom. The minimum atomic E-state index is -5.39. The first-order valence-corrected chi connectivity index (χ1v) is 7.14. The highest BCUT2D eigenvalue weighted by molar-refractivity contribution is 5.40. The highest BCUT2D eigenvalue weighted by atomic mass is 19.4.